The highest BCUT2D eigenvalue weighted by Crippen LogP contribution is 2.29. The Morgan fingerprint density at radius 2 is 1.95 bits per heavy atom. The molecule has 0 radical (unpaired) electrons. The van der Waals surface area contributed by atoms with Gasteiger partial charge in [-0.25, -0.2) is 4.39 Å². The predicted molar refractivity (Wildman–Crippen MR) is 84.5 cm³/mol. The summed E-state index contributed by atoms with van der Waals surface area (Å²) in [5, 5.41) is 0. The van der Waals surface area contributed by atoms with Gasteiger partial charge in [0.1, 0.15) is 5.82 Å². The molecule has 2 aromatic carbocycles. The smallest absolute Gasteiger partial charge is 0.227 e. The fraction of sp³-hybridized carbons (Fsp3) is 0.278. The fourth-order valence-electron chi connectivity index (χ4n) is 2.60. The molecule has 3 nitrogen and oxygen atoms in total. The minimum absolute atomic E-state index is 0.0244. The summed E-state index contributed by atoms with van der Waals surface area (Å²) in [4.78, 5) is 14.4. The second kappa shape index (κ2) is 6.18. The van der Waals surface area contributed by atoms with Crippen molar-refractivity contribution in [3.8, 4) is 0 Å². The molecule has 1 fully saturated rings. The third kappa shape index (κ3) is 3.45. The quantitative estimate of drug-likeness (QED) is 0.862. The summed E-state index contributed by atoms with van der Waals surface area (Å²) in [6.07, 6.45) is 2.30. The molecule has 0 atom stereocenters. The van der Waals surface area contributed by atoms with Gasteiger partial charge in [0.2, 0.25) is 5.91 Å². The van der Waals surface area contributed by atoms with Gasteiger partial charge in [-0.3, -0.25) is 4.79 Å². The average molecular weight is 298 g/mol. The van der Waals surface area contributed by atoms with E-state index in [2.05, 4.69) is 0 Å². The minimum Gasteiger partial charge on any atom is -0.399 e. The molecule has 0 heterocycles. The zero-order valence-corrected chi connectivity index (χ0v) is 12.3. The topological polar surface area (TPSA) is 46.3 Å². The Kier molecular flexibility index (Phi) is 4.09. The highest BCUT2D eigenvalue weighted by Gasteiger charge is 2.32. The number of nitrogens with two attached hydrogens (primary N) is 1. The van der Waals surface area contributed by atoms with Crippen LogP contribution in [0.1, 0.15) is 24.0 Å². The Labute approximate surface area is 129 Å². The molecule has 1 aliphatic rings. The number of nitrogen functional groups attached to an aromatic ring is 1. The number of hydrogen-bond donors (Lipinski definition) is 1. The van der Waals surface area contributed by atoms with Crippen LogP contribution in [0, 0.1) is 5.82 Å². The van der Waals surface area contributed by atoms with Gasteiger partial charge in [0.15, 0.2) is 0 Å². The Hall–Kier alpha value is -2.36. The third-order valence-electron chi connectivity index (χ3n) is 3.91. The average Bonchev–Trinajstić information content (AvgIpc) is 3.31. The van der Waals surface area contributed by atoms with Crippen molar-refractivity contribution < 1.29 is 9.18 Å². The summed E-state index contributed by atoms with van der Waals surface area (Å²) in [6, 6.07) is 14.2. The van der Waals surface area contributed by atoms with Gasteiger partial charge in [-0.05, 0) is 36.6 Å². The van der Waals surface area contributed by atoms with E-state index in [9.17, 15) is 9.18 Å². The Morgan fingerprint density at radius 1 is 1.18 bits per heavy atom. The molecule has 4 heteroatoms. The van der Waals surface area contributed by atoms with Crippen LogP contribution in [0.4, 0.5) is 10.1 Å². The number of carbonyl (C=O) groups excluding carboxylic acids is 1. The van der Waals surface area contributed by atoms with Crippen molar-refractivity contribution in [2.75, 3.05) is 5.73 Å². The summed E-state index contributed by atoms with van der Waals surface area (Å²) in [7, 11) is 0. The molecule has 1 aliphatic carbocycles. The highest BCUT2D eigenvalue weighted by molar-refractivity contribution is 5.79. The largest absolute Gasteiger partial charge is 0.399 e. The molecular formula is C18H19FN2O. The Balaban J connectivity index is 1.74. The lowest BCUT2D eigenvalue weighted by Gasteiger charge is -2.23. The van der Waals surface area contributed by atoms with Crippen LogP contribution in [0.3, 0.4) is 0 Å². The summed E-state index contributed by atoms with van der Waals surface area (Å²) < 4.78 is 13.8. The molecule has 0 unspecified atom stereocenters. The number of nitrogens with zero attached hydrogens (tertiary/aromatic N) is 1. The lowest BCUT2D eigenvalue weighted by atomic mass is 10.1. The molecule has 0 saturated heterocycles. The molecule has 2 N–H and O–H groups in total. The van der Waals surface area contributed by atoms with Crippen LogP contribution in [0.15, 0.2) is 48.5 Å². The maximum absolute atomic E-state index is 13.8. The molecule has 2 aromatic rings. The second-order valence-electron chi connectivity index (χ2n) is 5.77. The number of hydrogen-bond acceptors (Lipinski definition) is 2. The minimum atomic E-state index is -0.259. The van der Waals surface area contributed by atoms with Gasteiger partial charge < -0.3 is 10.6 Å². The Bertz CT molecular complexity index is 682. The summed E-state index contributed by atoms with van der Waals surface area (Å²) in [5.41, 5.74) is 7.86. The van der Waals surface area contributed by atoms with Crippen molar-refractivity contribution in [1.29, 1.82) is 0 Å². The van der Waals surface area contributed by atoms with Crippen LogP contribution in [0.2, 0.25) is 0 Å². The van der Waals surface area contributed by atoms with Gasteiger partial charge in [-0.1, -0.05) is 30.3 Å². The van der Waals surface area contributed by atoms with E-state index in [1.165, 1.54) is 6.07 Å². The molecule has 0 aromatic heterocycles. The van der Waals surface area contributed by atoms with Gasteiger partial charge in [0.25, 0.3) is 0 Å². The lowest BCUT2D eigenvalue weighted by Crippen LogP contribution is -2.34. The number of halogens is 1. The van der Waals surface area contributed by atoms with E-state index in [0.29, 0.717) is 24.2 Å². The number of carbonyl (C=O) groups is 1. The predicted octanol–water partition coefficient (Wildman–Crippen LogP) is 3.14. The molecule has 1 amide bonds. The Morgan fingerprint density at radius 3 is 2.64 bits per heavy atom. The number of rotatable bonds is 5. The highest BCUT2D eigenvalue weighted by atomic mass is 19.1. The van der Waals surface area contributed by atoms with E-state index in [-0.39, 0.29) is 17.8 Å². The maximum atomic E-state index is 13.8. The van der Waals surface area contributed by atoms with Gasteiger partial charge in [-0.2, -0.15) is 0 Å². The normalized spacial score (nSPS) is 13.9. The molecule has 3 rings (SSSR count). The van der Waals surface area contributed by atoms with E-state index >= 15 is 0 Å². The van der Waals surface area contributed by atoms with E-state index in [4.69, 9.17) is 5.73 Å². The van der Waals surface area contributed by atoms with Crippen molar-refractivity contribution in [2.45, 2.75) is 31.8 Å². The van der Waals surface area contributed by atoms with Crippen LogP contribution in [-0.4, -0.2) is 16.8 Å². The first-order valence-electron chi connectivity index (χ1n) is 7.51. The zero-order valence-electron chi connectivity index (χ0n) is 12.3. The van der Waals surface area contributed by atoms with Crippen molar-refractivity contribution in [2.24, 2.45) is 0 Å². The van der Waals surface area contributed by atoms with Crippen molar-refractivity contribution in [1.82, 2.24) is 4.90 Å². The third-order valence-corrected chi connectivity index (χ3v) is 3.91. The lowest BCUT2D eigenvalue weighted by molar-refractivity contribution is -0.131. The van der Waals surface area contributed by atoms with Crippen molar-refractivity contribution in [3.05, 3.63) is 65.5 Å². The monoisotopic (exact) mass is 298 g/mol. The molecule has 0 spiro atoms. The maximum Gasteiger partial charge on any atom is 0.227 e. The molecule has 1 saturated carbocycles. The van der Waals surface area contributed by atoms with Crippen LogP contribution in [0.25, 0.3) is 0 Å². The first kappa shape index (κ1) is 14.6. The summed E-state index contributed by atoms with van der Waals surface area (Å²) >= 11 is 0. The van der Waals surface area contributed by atoms with Crippen LogP contribution >= 0.6 is 0 Å². The standard InChI is InChI=1S/C18H19FN2O/c19-17-7-2-1-5-14(17)12-21(16-8-9-16)18(22)11-13-4-3-6-15(20)10-13/h1-7,10,16H,8-9,11-12,20H2. The fourth-order valence-corrected chi connectivity index (χ4v) is 2.60. The van der Waals surface area contributed by atoms with Crippen LogP contribution in [-0.2, 0) is 17.8 Å². The second-order valence-corrected chi connectivity index (χ2v) is 5.77. The van der Waals surface area contributed by atoms with E-state index in [1.807, 2.05) is 18.2 Å². The van der Waals surface area contributed by atoms with Crippen molar-refractivity contribution in [3.63, 3.8) is 0 Å². The first-order chi connectivity index (χ1) is 10.6. The van der Waals surface area contributed by atoms with Crippen LogP contribution < -0.4 is 5.73 Å². The molecule has 22 heavy (non-hydrogen) atoms. The van der Waals surface area contributed by atoms with Gasteiger partial charge in [0.05, 0.1) is 6.42 Å². The number of anilines is 1. The van der Waals surface area contributed by atoms with E-state index in [0.717, 1.165) is 18.4 Å². The molecule has 0 aliphatic heterocycles. The SMILES string of the molecule is Nc1cccc(CC(=O)N(Cc2ccccc2F)C2CC2)c1. The first-order valence-corrected chi connectivity index (χ1v) is 7.51. The molecule has 114 valence electrons. The van der Waals surface area contributed by atoms with Gasteiger partial charge in [0, 0.05) is 23.8 Å². The van der Waals surface area contributed by atoms with Crippen LogP contribution in [0.5, 0.6) is 0 Å². The molecule has 0 bridgehead atoms. The van der Waals surface area contributed by atoms with Gasteiger partial charge in [-0.15, -0.1) is 0 Å². The summed E-state index contributed by atoms with van der Waals surface area (Å²) in [5.74, 6) is -0.235. The van der Waals surface area contributed by atoms with Gasteiger partial charge >= 0.3 is 0 Å². The van der Waals surface area contributed by atoms with E-state index < -0.39 is 0 Å². The molecular weight excluding hydrogens is 279 g/mol. The number of amides is 1. The van der Waals surface area contributed by atoms with E-state index in [1.54, 1.807) is 29.2 Å². The summed E-state index contributed by atoms with van der Waals surface area (Å²) in [6.45, 7) is 0.332. The number of benzene rings is 2. The van der Waals surface area contributed by atoms with Crippen molar-refractivity contribution >= 4 is 11.6 Å². The zero-order chi connectivity index (χ0) is 15.5.